The van der Waals surface area contributed by atoms with Gasteiger partial charge in [-0.25, -0.2) is 0 Å². The third kappa shape index (κ3) is 3.53. The average molecular weight is 247 g/mol. The Balaban J connectivity index is 1.80. The Hall–Kier alpha value is -1.42. The summed E-state index contributed by atoms with van der Waals surface area (Å²) in [6.07, 6.45) is 4.73. The molecule has 1 unspecified atom stereocenters. The summed E-state index contributed by atoms with van der Waals surface area (Å²) in [4.78, 5) is 18.3. The van der Waals surface area contributed by atoms with Crippen molar-refractivity contribution in [3.05, 3.63) is 30.1 Å². The van der Waals surface area contributed by atoms with E-state index in [2.05, 4.69) is 10.3 Å². The quantitative estimate of drug-likeness (QED) is 0.866. The minimum Gasteiger partial charge on any atom is -0.345 e. The first-order valence-corrected chi connectivity index (χ1v) is 6.63. The number of rotatable bonds is 4. The fraction of sp³-hybridized carbons (Fsp3) is 0.571. The Morgan fingerprint density at radius 2 is 2.44 bits per heavy atom. The maximum atomic E-state index is 12.2. The van der Waals surface area contributed by atoms with Gasteiger partial charge < -0.3 is 10.2 Å². The van der Waals surface area contributed by atoms with Crippen LogP contribution in [0, 0.1) is 5.92 Å². The lowest BCUT2D eigenvalue weighted by atomic mass is 9.98. The van der Waals surface area contributed by atoms with E-state index in [4.69, 9.17) is 0 Å². The maximum Gasteiger partial charge on any atom is 0.226 e. The highest BCUT2D eigenvalue weighted by Crippen LogP contribution is 2.12. The van der Waals surface area contributed by atoms with Gasteiger partial charge in [-0.3, -0.25) is 9.78 Å². The summed E-state index contributed by atoms with van der Waals surface area (Å²) in [6.45, 7) is 2.61. The predicted octanol–water partition coefficient (Wildman–Crippen LogP) is 1.08. The van der Waals surface area contributed by atoms with Crippen LogP contribution in [0.5, 0.6) is 0 Å². The van der Waals surface area contributed by atoms with E-state index < -0.39 is 0 Å². The fourth-order valence-electron chi connectivity index (χ4n) is 2.31. The molecule has 4 heteroatoms. The molecule has 1 aliphatic rings. The summed E-state index contributed by atoms with van der Waals surface area (Å²) >= 11 is 0. The van der Waals surface area contributed by atoms with Crippen LogP contribution in [0.3, 0.4) is 0 Å². The number of carbonyl (C=O) groups excluding carboxylic acids is 1. The molecule has 1 amide bonds. The lowest BCUT2D eigenvalue weighted by Gasteiger charge is -2.26. The van der Waals surface area contributed by atoms with Crippen molar-refractivity contribution >= 4 is 5.91 Å². The molecule has 0 aliphatic carbocycles. The molecule has 1 aromatic rings. The predicted molar refractivity (Wildman–Crippen MR) is 71.2 cm³/mol. The molecule has 1 saturated heterocycles. The normalized spacial score (nSPS) is 19.5. The first-order valence-electron chi connectivity index (χ1n) is 6.63. The van der Waals surface area contributed by atoms with Crippen molar-refractivity contribution in [3.63, 3.8) is 0 Å². The fourth-order valence-corrected chi connectivity index (χ4v) is 2.31. The summed E-state index contributed by atoms with van der Waals surface area (Å²) in [5, 5.41) is 3.28. The Labute approximate surface area is 108 Å². The Morgan fingerprint density at radius 1 is 1.56 bits per heavy atom. The van der Waals surface area contributed by atoms with Gasteiger partial charge in [-0.15, -0.1) is 0 Å². The van der Waals surface area contributed by atoms with E-state index >= 15 is 0 Å². The minimum atomic E-state index is 0.160. The van der Waals surface area contributed by atoms with Crippen molar-refractivity contribution < 1.29 is 4.79 Å². The zero-order valence-electron chi connectivity index (χ0n) is 10.9. The second-order valence-corrected chi connectivity index (χ2v) is 4.87. The first kappa shape index (κ1) is 13.0. The molecule has 0 spiro atoms. The summed E-state index contributed by atoms with van der Waals surface area (Å²) < 4.78 is 0. The molecule has 1 atom stereocenters. The Bertz CT molecular complexity index is 374. The number of likely N-dealkylation sites (N-methyl/N-ethyl adjacent to an activating group) is 1. The molecule has 4 nitrogen and oxygen atoms in total. The largest absolute Gasteiger partial charge is 0.345 e. The molecule has 0 aromatic carbocycles. The third-order valence-corrected chi connectivity index (χ3v) is 3.45. The number of hydrogen-bond acceptors (Lipinski definition) is 3. The number of carbonyl (C=O) groups is 1. The standard InChI is InChI=1S/C14H21N3O/c1-17(10-7-13-6-2-3-9-16-13)14(18)12-5-4-8-15-11-12/h2-3,6,9,12,15H,4-5,7-8,10-11H2,1H3. The van der Waals surface area contributed by atoms with E-state index in [0.29, 0.717) is 0 Å². The molecule has 0 bridgehead atoms. The smallest absolute Gasteiger partial charge is 0.226 e. The summed E-state index contributed by atoms with van der Waals surface area (Å²) in [5.74, 6) is 0.422. The zero-order chi connectivity index (χ0) is 12.8. The highest BCUT2D eigenvalue weighted by Gasteiger charge is 2.23. The molecular weight excluding hydrogens is 226 g/mol. The van der Waals surface area contributed by atoms with Gasteiger partial charge in [0.2, 0.25) is 5.91 Å². The van der Waals surface area contributed by atoms with Gasteiger partial charge in [0.15, 0.2) is 0 Å². The topological polar surface area (TPSA) is 45.2 Å². The molecule has 2 rings (SSSR count). The molecule has 1 fully saturated rings. The van der Waals surface area contributed by atoms with Crippen LogP contribution in [0.2, 0.25) is 0 Å². The van der Waals surface area contributed by atoms with Gasteiger partial charge in [-0.05, 0) is 31.5 Å². The number of nitrogens with zero attached hydrogens (tertiary/aromatic N) is 2. The van der Waals surface area contributed by atoms with Crippen molar-refractivity contribution in [1.82, 2.24) is 15.2 Å². The SMILES string of the molecule is CN(CCc1ccccn1)C(=O)C1CCCNC1. The van der Waals surface area contributed by atoms with E-state index in [9.17, 15) is 4.79 Å². The first-order chi connectivity index (χ1) is 8.77. The van der Waals surface area contributed by atoms with Crippen molar-refractivity contribution in [1.29, 1.82) is 0 Å². The molecule has 0 radical (unpaired) electrons. The monoisotopic (exact) mass is 247 g/mol. The molecule has 18 heavy (non-hydrogen) atoms. The zero-order valence-corrected chi connectivity index (χ0v) is 10.9. The van der Waals surface area contributed by atoms with Gasteiger partial charge in [-0.1, -0.05) is 6.07 Å². The molecule has 2 heterocycles. The van der Waals surface area contributed by atoms with E-state index in [1.807, 2.05) is 30.1 Å². The second kappa shape index (κ2) is 6.50. The number of piperidine rings is 1. The van der Waals surface area contributed by atoms with Gasteiger partial charge in [0, 0.05) is 38.4 Å². The van der Waals surface area contributed by atoms with E-state index in [0.717, 1.165) is 44.6 Å². The number of amides is 1. The van der Waals surface area contributed by atoms with Crippen molar-refractivity contribution in [3.8, 4) is 0 Å². The summed E-state index contributed by atoms with van der Waals surface area (Å²) in [7, 11) is 1.89. The van der Waals surface area contributed by atoms with E-state index in [1.165, 1.54) is 0 Å². The van der Waals surface area contributed by atoms with Crippen molar-refractivity contribution in [2.45, 2.75) is 19.3 Å². The average Bonchev–Trinajstić information content (AvgIpc) is 2.46. The number of pyridine rings is 1. The lowest BCUT2D eigenvalue weighted by Crippen LogP contribution is -2.42. The van der Waals surface area contributed by atoms with Crippen LogP contribution in [0.15, 0.2) is 24.4 Å². The van der Waals surface area contributed by atoms with E-state index in [1.54, 1.807) is 6.20 Å². The van der Waals surface area contributed by atoms with Crippen LogP contribution in [0.25, 0.3) is 0 Å². The number of hydrogen-bond donors (Lipinski definition) is 1. The molecular formula is C14H21N3O. The molecule has 0 saturated carbocycles. The van der Waals surface area contributed by atoms with Crippen LogP contribution in [-0.2, 0) is 11.2 Å². The Morgan fingerprint density at radius 3 is 3.11 bits per heavy atom. The number of nitrogens with one attached hydrogen (secondary N) is 1. The third-order valence-electron chi connectivity index (χ3n) is 3.45. The van der Waals surface area contributed by atoms with Crippen LogP contribution in [0.1, 0.15) is 18.5 Å². The van der Waals surface area contributed by atoms with Crippen molar-refractivity contribution in [2.75, 3.05) is 26.7 Å². The van der Waals surface area contributed by atoms with Crippen molar-refractivity contribution in [2.24, 2.45) is 5.92 Å². The minimum absolute atomic E-state index is 0.160. The van der Waals surface area contributed by atoms with Gasteiger partial charge in [-0.2, -0.15) is 0 Å². The van der Waals surface area contributed by atoms with Crippen LogP contribution >= 0.6 is 0 Å². The van der Waals surface area contributed by atoms with Gasteiger partial charge >= 0.3 is 0 Å². The van der Waals surface area contributed by atoms with Crippen LogP contribution in [0.4, 0.5) is 0 Å². The molecule has 1 N–H and O–H groups in total. The maximum absolute atomic E-state index is 12.2. The van der Waals surface area contributed by atoms with Crippen LogP contribution < -0.4 is 5.32 Å². The van der Waals surface area contributed by atoms with Crippen LogP contribution in [-0.4, -0.2) is 42.5 Å². The highest BCUT2D eigenvalue weighted by atomic mass is 16.2. The Kier molecular flexibility index (Phi) is 4.70. The molecule has 98 valence electrons. The number of aromatic nitrogens is 1. The highest BCUT2D eigenvalue weighted by molar-refractivity contribution is 5.78. The molecule has 1 aromatic heterocycles. The summed E-state index contributed by atoms with van der Waals surface area (Å²) in [5.41, 5.74) is 1.04. The van der Waals surface area contributed by atoms with Gasteiger partial charge in [0.25, 0.3) is 0 Å². The summed E-state index contributed by atoms with van der Waals surface area (Å²) in [6, 6.07) is 5.89. The van der Waals surface area contributed by atoms with Gasteiger partial charge in [0.05, 0.1) is 5.92 Å². The lowest BCUT2D eigenvalue weighted by molar-refractivity contribution is -0.134. The van der Waals surface area contributed by atoms with Gasteiger partial charge in [0.1, 0.15) is 0 Å². The molecule has 1 aliphatic heterocycles. The van der Waals surface area contributed by atoms with E-state index in [-0.39, 0.29) is 11.8 Å². The second-order valence-electron chi connectivity index (χ2n) is 4.87.